The molecule has 22 heavy (non-hydrogen) atoms. The molecule has 0 bridgehead atoms. The number of rotatable bonds is 5. The van der Waals surface area contributed by atoms with Crippen LogP contribution in [-0.4, -0.2) is 12.0 Å². The van der Waals surface area contributed by atoms with Gasteiger partial charge in [-0.1, -0.05) is 35.3 Å². The monoisotopic (exact) mass is 368 g/mol. The van der Waals surface area contributed by atoms with Crippen molar-refractivity contribution in [1.82, 2.24) is 0 Å². The Labute approximate surface area is 146 Å². The average molecular weight is 369 g/mol. The molecule has 2 aromatic rings. The van der Waals surface area contributed by atoms with Crippen molar-refractivity contribution < 1.29 is 4.79 Å². The number of carbonyl (C=O) groups is 1. The minimum absolute atomic E-state index is 0.0472. The zero-order valence-electron chi connectivity index (χ0n) is 11.4. The summed E-state index contributed by atoms with van der Waals surface area (Å²) in [6, 6.07) is 10.6. The molecule has 0 saturated heterocycles. The lowest BCUT2D eigenvalue weighted by atomic mass is 10.1. The van der Waals surface area contributed by atoms with Gasteiger partial charge in [0.1, 0.15) is 11.6 Å². The van der Waals surface area contributed by atoms with Crippen LogP contribution in [0.3, 0.4) is 0 Å². The van der Waals surface area contributed by atoms with E-state index < -0.39 is 0 Å². The van der Waals surface area contributed by atoms with E-state index in [4.69, 9.17) is 23.2 Å². The van der Waals surface area contributed by atoms with Crippen molar-refractivity contribution in [2.45, 2.75) is 0 Å². The zero-order chi connectivity index (χ0) is 16.1. The number of ketones is 1. The molecule has 0 aliphatic heterocycles. The highest BCUT2D eigenvalue weighted by atomic mass is 35.5. The Morgan fingerprint density at radius 2 is 2.09 bits per heavy atom. The number of nitrogens with zero attached hydrogens (tertiary/aromatic N) is 1. The van der Waals surface area contributed by atoms with E-state index in [-0.39, 0.29) is 11.4 Å². The van der Waals surface area contributed by atoms with Crippen molar-refractivity contribution in [3.63, 3.8) is 0 Å². The first-order chi connectivity index (χ1) is 10.6. The van der Waals surface area contributed by atoms with Crippen LogP contribution in [0.1, 0.15) is 9.67 Å². The first-order valence-electron chi connectivity index (χ1n) is 6.06. The molecule has 0 saturated carbocycles. The third-order valence-electron chi connectivity index (χ3n) is 2.71. The van der Waals surface area contributed by atoms with Gasteiger partial charge in [-0.3, -0.25) is 4.79 Å². The second-order valence-electron chi connectivity index (χ2n) is 4.05. The third kappa shape index (κ3) is 3.65. The van der Waals surface area contributed by atoms with Crippen LogP contribution in [-0.2, 0) is 0 Å². The molecule has 0 atom stereocenters. The van der Waals surface area contributed by atoms with Gasteiger partial charge in [0.2, 0.25) is 5.78 Å². The highest BCUT2D eigenvalue weighted by Gasteiger charge is 2.19. The van der Waals surface area contributed by atoms with Gasteiger partial charge < -0.3 is 5.32 Å². The van der Waals surface area contributed by atoms with Gasteiger partial charge in [0.15, 0.2) is 0 Å². The maximum absolute atomic E-state index is 12.4. The number of nitrogens with one attached hydrogen (secondary N) is 1. The summed E-state index contributed by atoms with van der Waals surface area (Å²) in [7, 11) is 0. The number of thiophene rings is 1. The van der Waals surface area contributed by atoms with Crippen molar-refractivity contribution in [2.75, 3.05) is 11.6 Å². The van der Waals surface area contributed by atoms with E-state index >= 15 is 0 Å². The molecule has 7 heteroatoms. The summed E-state index contributed by atoms with van der Waals surface area (Å²) in [5, 5.41) is 15.4. The predicted molar refractivity (Wildman–Crippen MR) is 94.9 cm³/mol. The number of nitriles is 1. The molecule has 0 unspecified atom stereocenters. The first-order valence-corrected chi connectivity index (χ1v) is 8.92. The molecular formula is C15H10Cl2N2OS2. The van der Waals surface area contributed by atoms with Crippen LogP contribution in [0.4, 0.5) is 5.69 Å². The van der Waals surface area contributed by atoms with Gasteiger partial charge in [-0.05, 0) is 29.8 Å². The lowest BCUT2D eigenvalue weighted by Gasteiger charge is -2.12. The minimum Gasteiger partial charge on any atom is -0.348 e. The van der Waals surface area contributed by atoms with E-state index in [0.29, 0.717) is 25.6 Å². The molecule has 0 spiro atoms. The topological polar surface area (TPSA) is 52.9 Å². The van der Waals surface area contributed by atoms with Crippen molar-refractivity contribution >= 4 is 57.8 Å². The Morgan fingerprint density at radius 3 is 2.68 bits per heavy atom. The van der Waals surface area contributed by atoms with Crippen LogP contribution in [0.2, 0.25) is 10.0 Å². The van der Waals surface area contributed by atoms with E-state index in [9.17, 15) is 10.1 Å². The molecule has 0 aliphatic rings. The summed E-state index contributed by atoms with van der Waals surface area (Å²) in [6.45, 7) is 0. The molecule has 0 aliphatic carbocycles. The Hall–Kier alpha value is -1.45. The summed E-state index contributed by atoms with van der Waals surface area (Å²) in [5.74, 6) is -0.312. The zero-order valence-corrected chi connectivity index (χ0v) is 14.5. The molecular weight excluding hydrogens is 359 g/mol. The fraction of sp³-hybridized carbons (Fsp3) is 0.0667. The van der Waals surface area contributed by atoms with E-state index in [1.807, 2.05) is 6.07 Å². The number of hydrogen-bond acceptors (Lipinski definition) is 5. The van der Waals surface area contributed by atoms with Crippen LogP contribution < -0.4 is 5.32 Å². The van der Waals surface area contributed by atoms with Gasteiger partial charge in [0, 0.05) is 0 Å². The van der Waals surface area contributed by atoms with Crippen molar-refractivity contribution in [3.8, 4) is 6.07 Å². The highest BCUT2D eigenvalue weighted by molar-refractivity contribution is 8.02. The van der Waals surface area contributed by atoms with E-state index in [1.54, 1.807) is 42.0 Å². The van der Waals surface area contributed by atoms with Crippen LogP contribution in [0.25, 0.3) is 0 Å². The van der Waals surface area contributed by atoms with E-state index in [1.165, 1.54) is 23.1 Å². The quantitative estimate of drug-likeness (QED) is 0.433. The van der Waals surface area contributed by atoms with Crippen LogP contribution in [0, 0.1) is 11.3 Å². The number of halogens is 2. The maximum Gasteiger partial charge on any atom is 0.216 e. The van der Waals surface area contributed by atoms with Gasteiger partial charge in [0.25, 0.3) is 0 Å². The third-order valence-corrected chi connectivity index (χ3v) is 5.12. The summed E-state index contributed by atoms with van der Waals surface area (Å²) in [4.78, 5) is 12.9. The summed E-state index contributed by atoms with van der Waals surface area (Å²) < 4.78 is 0. The Kier molecular flexibility index (Phi) is 5.92. The number of thioether (sulfide) groups is 1. The molecule has 0 amide bonds. The molecule has 3 nitrogen and oxygen atoms in total. The first kappa shape index (κ1) is 16.9. The second kappa shape index (κ2) is 7.70. The van der Waals surface area contributed by atoms with Crippen LogP contribution >= 0.6 is 46.3 Å². The lowest BCUT2D eigenvalue weighted by molar-refractivity contribution is 0.104. The number of Topliss-reactive ketones (excluding diaryl/α,β-unsaturated/α-hetero) is 1. The number of carbonyl (C=O) groups excluding carboxylic acids is 1. The molecule has 2 rings (SSSR count). The average Bonchev–Trinajstić information content (AvgIpc) is 3.05. The standard InChI is InChI=1S/C15H10Cl2N2OS2/c1-21-15(19-11-5-2-4-10(16)13(11)17)9(8-18)14(20)12-6-3-7-22-12/h2-7,19H,1H3. The summed E-state index contributed by atoms with van der Waals surface area (Å²) in [6.07, 6.45) is 1.78. The highest BCUT2D eigenvalue weighted by Crippen LogP contribution is 2.33. The number of benzene rings is 1. The minimum atomic E-state index is -0.312. The van der Waals surface area contributed by atoms with E-state index in [2.05, 4.69) is 5.32 Å². The molecule has 1 N–H and O–H groups in total. The molecule has 112 valence electrons. The van der Waals surface area contributed by atoms with Gasteiger partial charge in [-0.25, -0.2) is 0 Å². The lowest BCUT2D eigenvalue weighted by Crippen LogP contribution is -2.08. The van der Waals surface area contributed by atoms with Crippen LogP contribution in [0.15, 0.2) is 46.3 Å². The Bertz CT molecular complexity index is 764. The number of hydrogen-bond donors (Lipinski definition) is 1. The summed E-state index contributed by atoms with van der Waals surface area (Å²) >= 11 is 14.7. The largest absolute Gasteiger partial charge is 0.348 e. The fourth-order valence-corrected chi connectivity index (χ4v) is 3.25. The van der Waals surface area contributed by atoms with Crippen molar-refractivity contribution in [1.29, 1.82) is 5.26 Å². The summed E-state index contributed by atoms with van der Waals surface area (Å²) in [5.41, 5.74) is 0.594. The molecule has 0 radical (unpaired) electrons. The van der Waals surface area contributed by atoms with Gasteiger partial charge in [-0.2, -0.15) is 5.26 Å². The normalized spacial score (nSPS) is 11.5. The van der Waals surface area contributed by atoms with Crippen molar-refractivity contribution in [3.05, 3.63) is 61.2 Å². The van der Waals surface area contributed by atoms with Crippen molar-refractivity contribution in [2.24, 2.45) is 0 Å². The maximum atomic E-state index is 12.4. The predicted octanol–water partition coefficient (Wildman–Crippen LogP) is 5.45. The van der Waals surface area contributed by atoms with Gasteiger partial charge in [0.05, 0.1) is 25.6 Å². The molecule has 0 fully saturated rings. The van der Waals surface area contributed by atoms with E-state index in [0.717, 1.165) is 0 Å². The SMILES string of the molecule is CSC(Nc1cccc(Cl)c1Cl)=C(C#N)C(=O)c1cccs1. The number of anilines is 1. The fourth-order valence-electron chi connectivity index (χ4n) is 1.67. The smallest absolute Gasteiger partial charge is 0.216 e. The molecule has 1 aromatic heterocycles. The van der Waals surface area contributed by atoms with Gasteiger partial charge in [-0.15, -0.1) is 23.1 Å². The molecule has 1 aromatic carbocycles. The van der Waals surface area contributed by atoms with Gasteiger partial charge >= 0.3 is 0 Å². The Morgan fingerprint density at radius 1 is 1.32 bits per heavy atom. The second-order valence-corrected chi connectivity index (χ2v) is 6.60. The molecule has 1 heterocycles. The number of allylic oxidation sites excluding steroid dienone is 1. The Balaban J connectivity index is 2.41. The van der Waals surface area contributed by atoms with Crippen LogP contribution in [0.5, 0.6) is 0 Å².